The second-order valence-corrected chi connectivity index (χ2v) is 16.8. The molecule has 2 heterocycles. The zero-order valence-corrected chi connectivity index (χ0v) is 38.2. The molecule has 31 heteroatoms. The van der Waals surface area contributed by atoms with Gasteiger partial charge in [-0.15, -0.1) is 11.8 Å². The van der Waals surface area contributed by atoms with Gasteiger partial charge in [0.15, 0.2) is 6.04 Å². The molecular formula is C37H60N12O18S. The number of aliphatic carboxylic acids is 1. The molecule has 10 atom stereocenters. The zero-order valence-electron chi connectivity index (χ0n) is 37.4. The summed E-state index contributed by atoms with van der Waals surface area (Å²) in [5, 5.41) is 89.5. The van der Waals surface area contributed by atoms with Gasteiger partial charge in [-0.3, -0.25) is 58.3 Å². The van der Waals surface area contributed by atoms with Gasteiger partial charge in [-0.25, -0.2) is 29.6 Å². The Bertz CT molecular complexity index is 2130. The van der Waals surface area contributed by atoms with E-state index in [1.54, 1.807) is 0 Å². The van der Waals surface area contributed by atoms with Crippen molar-refractivity contribution in [2.75, 3.05) is 26.2 Å². The highest BCUT2D eigenvalue weighted by atomic mass is 32.2. The second kappa shape index (κ2) is 27.1. The molecule has 1 saturated heterocycles. The highest BCUT2D eigenvalue weighted by Crippen LogP contribution is 2.43. The molecule has 30 nitrogen and oxygen atoms in total. The molecule has 0 unspecified atom stereocenters. The quantitative estimate of drug-likeness (QED) is 0.0320. The molecular weight excluding hydrogens is 933 g/mol. The smallest absolute Gasteiger partial charge is 0.340 e. The minimum absolute atomic E-state index is 0.0520. The molecule has 0 aliphatic carbocycles. The monoisotopic (exact) mass is 992 g/mol. The number of carboxylic acids is 1. The topological polar surface area (TPSA) is 465 Å². The van der Waals surface area contributed by atoms with Crippen molar-refractivity contribution in [2.24, 2.45) is 23.5 Å². The second-order valence-electron chi connectivity index (χ2n) is 15.5. The number of amides is 9. The molecule has 1 aliphatic rings. The Morgan fingerprint density at radius 3 is 1.63 bits per heavy atom. The third-order valence-corrected chi connectivity index (χ3v) is 12.0. The minimum atomic E-state index is -2.31. The van der Waals surface area contributed by atoms with Crippen molar-refractivity contribution in [3.05, 3.63) is 28.2 Å². The number of carbonyl (C=O) groups is 9. The number of rotatable bonds is 25. The van der Waals surface area contributed by atoms with Crippen LogP contribution in [-0.2, 0) is 45.4 Å². The summed E-state index contributed by atoms with van der Waals surface area (Å²) < 4.78 is 1.78. The van der Waals surface area contributed by atoms with E-state index in [0.29, 0.717) is 27.0 Å². The highest BCUT2D eigenvalue weighted by Gasteiger charge is 2.50. The maximum atomic E-state index is 13.8. The number of nitrogens with one attached hydrogen (secondary N) is 4. The fraction of sp³-hybridized carbons (Fsp3) is 0.649. The first-order valence-corrected chi connectivity index (χ1v) is 21.7. The molecule has 382 valence electrons. The number of hydroxylamine groups is 6. The van der Waals surface area contributed by atoms with Gasteiger partial charge >= 0.3 is 17.7 Å². The molecule has 1 fully saturated rings. The number of hydrogen-bond donors (Lipinski definition) is 14. The Morgan fingerprint density at radius 1 is 0.750 bits per heavy atom. The van der Waals surface area contributed by atoms with Crippen LogP contribution in [0, 0.1) is 0 Å². The number of thioether (sulfide) groups is 1. The first kappa shape index (κ1) is 58.1. The van der Waals surface area contributed by atoms with E-state index >= 15 is 0 Å². The Kier molecular flexibility index (Phi) is 23.1. The van der Waals surface area contributed by atoms with Gasteiger partial charge in [-0.1, -0.05) is 0 Å². The molecule has 0 spiro atoms. The summed E-state index contributed by atoms with van der Waals surface area (Å²) in [5.74, 6) is -8.71. The summed E-state index contributed by atoms with van der Waals surface area (Å²) in [6, 6.07) is -8.79. The number of nitrogens with zero attached hydrogens (tertiary/aromatic N) is 6. The number of aliphatic hydroxyl groups excluding tert-OH is 4. The lowest BCUT2D eigenvalue weighted by Gasteiger charge is -2.29. The first-order chi connectivity index (χ1) is 31.7. The number of aromatic nitrogens is 2. The van der Waals surface area contributed by atoms with Crippen LogP contribution in [-0.4, -0.2) is 199 Å². The van der Waals surface area contributed by atoms with E-state index in [1.165, 1.54) is 13.1 Å². The van der Waals surface area contributed by atoms with Crippen LogP contribution >= 0.6 is 11.8 Å². The lowest BCUT2D eigenvalue weighted by Crippen LogP contribution is -2.61. The zero-order chi connectivity index (χ0) is 51.7. The van der Waals surface area contributed by atoms with E-state index in [2.05, 4.69) is 20.9 Å². The van der Waals surface area contributed by atoms with Crippen LogP contribution < -0.4 is 43.9 Å². The van der Waals surface area contributed by atoms with Gasteiger partial charge in [0.25, 0.3) is 0 Å². The van der Waals surface area contributed by atoms with Crippen molar-refractivity contribution in [2.45, 2.75) is 118 Å². The number of hydrogen-bond acceptors (Lipinski definition) is 19. The van der Waals surface area contributed by atoms with Gasteiger partial charge in [0, 0.05) is 53.6 Å². The molecule has 1 aromatic rings. The first-order valence-electron chi connectivity index (χ1n) is 20.8. The van der Waals surface area contributed by atoms with Crippen molar-refractivity contribution in [3.63, 3.8) is 0 Å². The third kappa shape index (κ3) is 16.9. The average Bonchev–Trinajstić information content (AvgIpc) is 3.56. The standard InChI is InChI=1S/C37H60N12O18S/c1-17(51)47(65)12-5-8-20(38)30(57)40-21(9-6-13-48(66)18(2)52)31(58)41-22(10-7-14-49(67)19(3)53)32(59)42-23(16-50)33(60)44-25(35(61)62)26(54)29-27(55)28(56)34(68-29)46-15-11-24(43-36(39)63)45(4)37(46)64/h11,15,20-23,25-29,34,50,54-56,65-67H,5-10,12-14,16,38H2,1-4H3,(H2,39,63)(H,40,57)(H,41,58)(H,42,59)(H,44,60)(H,61,62)/b43-24-/t20-,21-,22-,23-,25+,26-,27+,28+,29+,34+/m0/s1. The molecule has 1 aliphatic heterocycles. The minimum Gasteiger partial charge on any atom is -0.480 e. The van der Waals surface area contributed by atoms with Crippen LogP contribution in [0.4, 0.5) is 4.79 Å². The Balaban J connectivity index is 2.35. The van der Waals surface area contributed by atoms with E-state index in [1.807, 2.05) is 5.32 Å². The lowest BCUT2D eigenvalue weighted by molar-refractivity contribution is -0.163. The molecule has 16 N–H and O–H groups in total. The van der Waals surface area contributed by atoms with E-state index in [4.69, 9.17) is 11.5 Å². The molecule has 0 radical (unpaired) electrons. The molecule has 0 bridgehead atoms. The number of carboxylic acid groups (broad SMARTS) is 1. The van der Waals surface area contributed by atoms with E-state index in [9.17, 15) is 89.1 Å². The fourth-order valence-electron chi connectivity index (χ4n) is 6.46. The predicted octanol–water partition coefficient (Wildman–Crippen LogP) is -6.74. The lowest BCUT2D eigenvalue weighted by atomic mass is 10.00. The van der Waals surface area contributed by atoms with Crippen molar-refractivity contribution in [1.82, 2.24) is 45.6 Å². The summed E-state index contributed by atoms with van der Waals surface area (Å²) in [5.41, 5.74) is 9.99. The van der Waals surface area contributed by atoms with Crippen LogP contribution in [0.3, 0.4) is 0 Å². The molecule has 0 aromatic carbocycles. The number of nitrogens with two attached hydrogens (primary N) is 2. The predicted molar refractivity (Wildman–Crippen MR) is 229 cm³/mol. The number of aliphatic hydroxyl groups is 4. The fourth-order valence-corrected chi connectivity index (χ4v) is 8.03. The summed E-state index contributed by atoms with van der Waals surface area (Å²) in [6.07, 6.45) is -5.91. The maximum Gasteiger partial charge on any atom is 0.340 e. The summed E-state index contributed by atoms with van der Waals surface area (Å²) in [4.78, 5) is 129. The van der Waals surface area contributed by atoms with Gasteiger partial charge in [-0.2, -0.15) is 4.99 Å². The van der Waals surface area contributed by atoms with Gasteiger partial charge in [0.05, 0.1) is 30.1 Å². The van der Waals surface area contributed by atoms with E-state index in [-0.39, 0.29) is 57.2 Å². The highest BCUT2D eigenvalue weighted by molar-refractivity contribution is 8.00. The average molecular weight is 993 g/mol. The van der Waals surface area contributed by atoms with Gasteiger partial charge in [0.2, 0.25) is 41.4 Å². The molecule has 9 amide bonds. The van der Waals surface area contributed by atoms with Crippen molar-refractivity contribution in [1.29, 1.82) is 0 Å². The molecule has 68 heavy (non-hydrogen) atoms. The van der Waals surface area contributed by atoms with E-state index < -0.39 is 131 Å². The summed E-state index contributed by atoms with van der Waals surface area (Å²) in [7, 11) is 1.21. The van der Waals surface area contributed by atoms with E-state index in [0.717, 1.165) is 36.1 Å². The SMILES string of the molecule is CC(=O)N(O)CCC[C@H](NC(=O)[C@H](CCCN(O)C(C)=O)NC(=O)[C@@H](N)CCCN(O)C(C)=O)C(=O)N[C@@H](CO)C(=O)N[C@@H](C(=O)O)[C@H](O)[C@H]1S[C@@H](n2cc/c(=N/C(N)=O)n(C)c2=O)[C@H](O)[C@H]1O. The third-order valence-electron chi connectivity index (χ3n) is 10.4. The number of carbonyl (C=O) groups excluding carboxylic acids is 8. The Labute approximate surface area is 390 Å². The normalized spacial score (nSPS) is 19.6. The Morgan fingerprint density at radius 2 is 1.19 bits per heavy atom. The van der Waals surface area contributed by atoms with Gasteiger partial charge in [-0.05, 0) is 44.6 Å². The molecule has 0 saturated carbocycles. The van der Waals surface area contributed by atoms with Crippen LogP contribution in [0.25, 0.3) is 0 Å². The van der Waals surface area contributed by atoms with Crippen molar-refractivity contribution < 1.29 is 84.3 Å². The van der Waals surface area contributed by atoms with Crippen molar-refractivity contribution in [3.8, 4) is 0 Å². The van der Waals surface area contributed by atoms with Gasteiger partial charge < -0.3 is 58.3 Å². The van der Waals surface area contributed by atoms with Gasteiger partial charge in [0.1, 0.15) is 35.1 Å². The van der Waals surface area contributed by atoms with Crippen LogP contribution in [0.2, 0.25) is 0 Å². The maximum absolute atomic E-state index is 13.8. The molecule has 2 rings (SSSR count). The van der Waals surface area contributed by atoms with Crippen LogP contribution in [0.1, 0.15) is 64.7 Å². The largest absolute Gasteiger partial charge is 0.480 e. The van der Waals surface area contributed by atoms with Crippen LogP contribution in [0.5, 0.6) is 0 Å². The Hall–Kier alpha value is -6.06. The summed E-state index contributed by atoms with van der Waals surface area (Å²) >= 11 is 0.545. The molecule has 1 aromatic heterocycles. The number of urea groups is 1. The van der Waals surface area contributed by atoms with Crippen LogP contribution in [0.15, 0.2) is 22.1 Å². The number of primary amides is 1. The summed E-state index contributed by atoms with van der Waals surface area (Å²) in [6.45, 7) is 1.07. The van der Waals surface area contributed by atoms with Crippen molar-refractivity contribution >= 4 is 65.1 Å².